The van der Waals surface area contributed by atoms with Crippen molar-refractivity contribution in [3.63, 3.8) is 0 Å². The van der Waals surface area contributed by atoms with E-state index >= 15 is 0 Å². The van der Waals surface area contributed by atoms with Gasteiger partial charge in [-0.1, -0.05) is 54.3 Å². The number of carboxylic acids is 2. The number of carbonyl (C=O) groups is 2. The van der Waals surface area contributed by atoms with Crippen molar-refractivity contribution < 1.29 is 35.0 Å². The molecule has 5 rings (SSSR count). The van der Waals surface area contributed by atoms with Crippen molar-refractivity contribution in [2.24, 2.45) is 0 Å². The first-order chi connectivity index (χ1) is 17.7. The molecule has 0 atom stereocenters. The number of fused-ring (bicyclic) bond motifs is 2. The molecule has 0 saturated carbocycles. The summed E-state index contributed by atoms with van der Waals surface area (Å²) in [5.41, 5.74) is 2.38. The summed E-state index contributed by atoms with van der Waals surface area (Å²) in [6.45, 7) is 4.15. The highest BCUT2D eigenvalue weighted by Crippen LogP contribution is 2.37. The van der Waals surface area contributed by atoms with Crippen LogP contribution in [0.3, 0.4) is 0 Å². The molecule has 0 aliphatic rings. The number of hydrogen-bond donors (Lipinski definition) is 3. The number of carboxylic acid groups (broad SMARTS) is 2. The third kappa shape index (κ3) is 5.06. The minimum absolute atomic E-state index is 0.103. The van der Waals surface area contributed by atoms with E-state index in [1.54, 1.807) is 48.5 Å². The van der Waals surface area contributed by atoms with E-state index in [1.165, 1.54) is 23.4 Å². The first-order valence-electron chi connectivity index (χ1n) is 11.5. The number of pyridine rings is 1. The number of aromatic nitrogens is 1. The molecule has 0 spiro atoms. The molecule has 1 heterocycles. The van der Waals surface area contributed by atoms with Crippen molar-refractivity contribution in [3.05, 3.63) is 113 Å². The van der Waals surface area contributed by atoms with Crippen LogP contribution in [0.2, 0.25) is 0 Å². The number of aryl methyl sites for hydroxylation is 2. The lowest BCUT2D eigenvalue weighted by molar-refractivity contribution is -0.388. The van der Waals surface area contributed by atoms with Gasteiger partial charge in [-0.2, -0.15) is 0 Å². The summed E-state index contributed by atoms with van der Waals surface area (Å²) in [4.78, 5) is 26.3. The Labute approximate surface area is 212 Å². The van der Waals surface area contributed by atoms with Gasteiger partial charge in [0.1, 0.15) is 11.3 Å². The van der Waals surface area contributed by atoms with Crippen LogP contribution in [-0.2, 0) is 6.42 Å². The molecule has 0 saturated heterocycles. The van der Waals surface area contributed by atoms with Gasteiger partial charge in [0.05, 0.1) is 5.56 Å². The topological polar surface area (TPSA) is 132 Å². The van der Waals surface area contributed by atoms with Gasteiger partial charge in [-0.3, -0.25) is 0 Å². The largest absolute Gasteiger partial charge is 0.872 e. The standard InChI is InChI=1S/C23H16O6.C7H9N/c24-20-16(14-7-3-1-5-12(14)9-18(20)22(26)27)11-17-15-8-4-2-6-13(15)10-19(21(17)25)23(28)29;1-6-4-3-5-8-7(6)2/h1-10,24-25H,11H2,(H,26,27)(H,28,29);3-5H,1-2H3. The molecule has 0 unspecified atom stereocenters. The Morgan fingerprint density at radius 1 is 0.784 bits per heavy atom. The van der Waals surface area contributed by atoms with Crippen LogP contribution in [0.5, 0.6) is 11.5 Å². The predicted octanol–water partition coefficient (Wildman–Crippen LogP) is 4.88. The highest BCUT2D eigenvalue weighted by Gasteiger charge is 2.20. The lowest BCUT2D eigenvalue weighted by Crippen LogP contribution is -2.09. The second-order valence-corrected chi connectivity index (χ2v) is 8.69. The van der Waals surface area contributed by atoms with Crippen molar-refractivity contribution in [1.82, 2.24) is 0 Å². The zero-order valence-corrected chi connectivity index (χ0v) is 20.3. The highest BCUT2D eigenvalue weighted by molar-refractivity contribution is 6.02. The van der Waals surface area contributed by atoms with Crippen molar-refractivity contribution >= 4 is 33.5 Å². The van der Waals surface area contributed by atoms with Crippen LogP contribution in [0.4, 0.5) is 0 Å². The summed E-state index contributed by atoms with van der Waals surface area (Å²) in [6.07, 6.45) is 1.83. The lowest BCUT2D eigenvalue weighted by Gasteiger charge is -2.21. The van der Waals surface area contributed by atoms with Crippen molar-refractivity contribution in [2.45, 2.75) is 20.3 Å². The number of benzene rings is 4. The molecule has 4 aromatic carbocycles. The number of rotatable bonds is 4. The van der Waals surface area contributed by atoms with Crippen LogP contribution < -0.4 is 10.1 Å². The maximum Gasteiger partial charge on any atom is 0.339 e. The molecule has 7 heteroatoms. The molecule has 4 N–H and O–H groups in total. The van der Waals surface area contributed by atoms with Crippen LogP contribution in [0.1, 0.15) is 43.1 Å². The van der Waals surface area contributed by atoms with Gasteiger partial charge in [0.15, 0.2) is 11.9 Å². The van der Waals surface area contributed by atoms with Gasteiger partial charge in [0, 0.05) is 30.5 Å². The molecule has 1 aromatic heterocycles. The lowest BCUT2D eigenvalue weighted by atomic mass is 9.90. The first kappa shape index (κ1) is 25.2. The van der Waals surface area contributed by atoms with E-state index in [4.69, 9.17) is 0 Å². The van der Waals surface area contributed by atoms with E-state index < -0.39 is 23.4 Å². The van der Waals surface area contributed by atoms with E-state index in [0.29, 0.717) is 21.5 Å². The van der Waals surface area contributed by atoms with E-state index in [-0.39, 0.29) is 28.7 Å². The number of H-pyrrole nitrogens is 1. The number of aromatic carboxylic acids is 2. The quantitative estimate of drug-likeness (QED) is 0.326. The fraction of sp³-hybridized carbons (Fsp3) is 0.100. The second kappa shape index (κ2) is 10.4. The Hall–Kier alpha value is -4.91. The molecule has 0 aliphatic carbocycles. The molecule has 0 bridgehead atoms. The van der Waals surface area contributed by atoms with E-state index in [1.807, 2.05) is 12.3 Å². The van der Waals surface area contributed by atoms with Gasteiger partial charge >= 0.3 is 11.9 Å². The summed E-state index contributed by atoms with van der Waals surface area (Å²) in [6, 6.07) is 20.6. The maximum atomic E-state index is 12.9. The Morgan fingerprint density at radius 3 is 1.84 bits per heavy atom. The highest BCUT2D eigenvalue weighted by atomic mass is 16.4. The van der Waals surface area contributed by atoms with Gasteiger partial charge in [0.25, 0.3) is 0 Å². The van der Waals surface area contributed by atoms with E-state index in [9.17, 15) is 30.0 Å². The summed E-state index contributed by atoms with van der Waals surface area (Å²) in [5, 5.41) is 44.8. The third-order valence-corrected chi connectivity index (χ3v) is 6.38. The molecule has 37 heavy (non-hydrogen) atoms. The van der Waals surface area contributed by atoms with Gasteiger partial charge in [-0.15, -0.1) is 0 Å². The molecule has 186 valence electrons. The molecule has 5 aromatic rings. The average Bonchev–Trinajstić information content (AvgIpc) is 2.88. The SMILES string of the molecule is Cc1ccc[nH+]c1C.O=C(O)c1cc2ccccc2c(Cc2c(O)c(C(=O)O)cc3ccccc23)c1[O-]. The summed E-state index contributed by atoms with van der Waals surface area (Å²) in [7, 11) is 0. The first-order valence-corrected chi connectivity index (χ1v) is 11.5. The van der Waals surface area contributed by atoms with E-state index in [0.717, 1.165) is 0 Å². The maximum absolute atomic E-state index is 12.9. The monoisotopic (exact) mass is 495 g/mol. The van der Waals surface area contributed by atoms with Crippen molar-refractivity contribution in [3.8, 4) is 11.5 Å². The molecular formula is C30H25NO6. The second-order valence-electron chi connectivity index (χ2n) is 8.69. The molecule has 0 aliphatic heterocycles. The Balaban J connectivity index is 0.000000342. The van der Waals surface area contributed by atoms with Crippen LogP contribution in [0.25, 0.3) is 21.5 Å². The van der Waals surface area contributed by atoms with Crippen LogP contribution >= 0.6 is 0 Å². The molecule has 0 amide bonds. The summed E-state index contributed by atoms with van der Waals surface area (Å²) < 4.78 is 0. The van der Waals surface area contributed by atoms with Crippen LogP contribution in [-0.4, -0.2) is 27.3 Å². The number of aromatic hydroxyl groups is 1. The molecular weight excluding hydrogens is 470 g/mol. The summed E-state index contributed by atoms with van der Waals surface area (Å²) >= 11 is 0. The molecule has 0 fully saturated rings. The summed E-state index contributed by atoms with van der Waals surface area (Å²) in [5.74, 6) is -3.71. The van der Waals surface area contributed by atoms with Crippen molar-refractivity contribution in [1.29, 1.82) is 0 Å². The number of aromatic amines is 1. The average molecular weight is 496 g/mol. The van der Waals surface area contributed by atoms with Crippen LogP contribution in [0, 0.1) is 13.8 Å². The number of hydrogen-bond acceptors (Lipinski definition) is 4. The van der Waals surface area contributed by atoms with Gasteiger partial charge in [-0.05, 0) is 52.2 Å². The van der Waals surface area contributed by atoms with Gasteiger partial charge < -0.3 is 20.4 Å². The minimum atomic E-state index is -1.34. The Bertz CT molecular complexity index is 1540. The number of nitrogens with one attached hydrogen (secondary N) is 1. The fourth-order valence-electron chi connectivity index (χ4n) is 4.27. The van der Waals surface area contributed by atoms with Crippen LogP contribution in [0.15, 0.2) is 79.0 Å². The molecule has 0 radical (unpaired) electrons. The fourth-order valence-corrected chi connectivity index (χ4v) is 4.27. The van der Waals surface area contributed by atoms with Gasteiger partial charge in [-0.25, -0.2) is 14.6 Å². The van der Waals surface area contributed by atoms with Gasteiger partial charge in [0.2, 0.25) is 0 Å². The zero-order chi connectivity index (χ0) is 26.7. The number of phenols is 1. The minimum Gasteiger partial charge on any atom is -0.872 e. The Kier molecular flexibility index (Phi) is 7.06. The third-order valence-electron chi connectivity index (χ3n) is 6.38. The Morgan fingerprint density at radius 2 is 1.32 bits per heavy atom. The normalized spacial score (nSPS) is 10.6. The van der Waals surface area contributed by atoms with Crippen molar-refractivity contribution in [2.75, 3.05) is 0 Å². The smallest absolute Gasteiger partial charge is 0.339 e. The predicted molar refractivity (Wildman–Crippen MR) is 138 cm³/mol. The molecule has 7 nitrogen and oxygen atoms in total. The van der Waals surface area contributed by atoms with E-state index in [2.05, 4.69) is 24.9 Å². The zero-order valence-electron chi connectivity index (χ0n) is 20.3.